The molecule has 0 N–H and O–H groups in total. The van der Waals surface area contributed by atoms with Gasteiger partial charge in [0.2, 0.25) is 0 Å². The minimum Gasteiger partial charge on any atom is -0.488 e. The third-order valence-corrected chi connectivity index (χ3v) is 5.43. The lowest BCUT2D eigenvalue weighted by molar-refractivity contribution is -0.140. The maximum absolute atomic E-state index is 11.2. The van der Waals surface area contributed by atoms with Gasteiger partial charge in [0.1, 0.15) is 12.4 Å². The molecule has 3 aromatic rings. The molecule has 0 aliphatic rings. The highest BCUT2D eigenvalue weighted by atomic mass is 35.5. The number of aryl methyl sites for hydroxylation is 1. The van der Waals surface area contributed by atoms with E-state index in [0.29, 0.717) is 19.4 Å². The zero-order valence-electron chi connectivity index (χ0n) is 13.3. The van der Waals surface area contributed by atoms with Crippen LogP contribution in [0.25, 0.3) is 10.1 Å². The molecule has 0 radical (unpaired) electrons. The van der Waals surface area contributed by atoms with E-state index in [1.807, 2.05) is 42.5 Å². The monoisotopic (exact) mass is 360 g/mol. The molecule has 3 nitrogen and oxygen atoms in total. The highest BCUT2D eigenvalue weighted by Gasteiger charge is 2.10. The predicted octanol–water partition coefficient (Wildman–Crippen LogP) is 5.24. The van der Waals surface area contributed by atoms with Gasteiger partial charge in [-0.1, -0.05) is 41.9 Å². The number of methoxy groups -OCH3 is 1. The van der Waals surface area contributed by atoms with Crippen LogP contribution in [0, 0.1) is 0 Å². The Morgan fingerprint density at radius 3 is 2.58 bits per heavy atom. The first kappa shape index (κ1) is 16.8. The van der Waals surface area contributed by atoms with E-state index >= 15 is 0 Å². The quantitative estimate of drug-likeness (QED) is 0.564. The van der Waals surface area contributed by atoms with Crippen molar-refractivity contribution in [2.45, 2.75) is 19.4 Å². The van der Waals surface area contributed by atoms with E-state index in [9.17, 15) is 4.79 Å². The molecule has 1 heterocycles. The van der Waals surface area contributed by atoms with Gasteiger partial charge in [-0.3, -0.25) is 4.79 Å². The molecule has 1 aromatic heterocycles. The van der Waals surface area contributed by atoms with Gasteiger partial charge in [0.05, 0.1) is 17.0 Å². The molecule has 0 fully saturated rings. The van der Waals surface area contributed by atoms with Crippen molar-refractivity contribution in [3.05, 3.63) is 64.0 Å². The minimum absolute atomic E-state index is 0.199. The van der Waals surface area contributed by atoms with E-state index in [1.165, 1.54) is 11.8 Å². The second kappa shape index (κ2) is 7.69. The van der Waals surface area contributed by atoms with Crippen LogP contribution in [0.15, 0.2) is 48.5 Å². The molecule has 0 aliphatic carbocycles. The van der Waals surface area contributed by atoms with Crippen LogP contribution in [0.4, 0.5) is 0 Å². The number of hydrogen-bond acceptors (Lipinski definition) is 4. The molecule has 24 heavy (non-hydrogen) atoms. The lowest BCUT2D eigenvalue weighted by Gasteiger charge is -2.06. The number of hydrogen-bond donors (Lipinski definition) is 0. The third kappa shape index (κ3) is 3.89. The van der Waals surface area contributed by atoms with E-state index in [-0.39, 0.29) is 5.97 Å². The smallest absolute Gasteiger partial charge is 0.305 e. The summed E-state index contributed by atoms with van der Waals surface area (Å²) in [4.78, 5) is 12.2. The van der Waals surface area contributed by atoms with E-state index in [0.717, 1.165) is 26.6 Å². The molecule has 0 spiro atoms. The second-order valence-corrected chi connectivity index (χ2v) is 6.86. The van der Waals surface area contributed by atoms with Crippen molar-refractivity contribution >= 4 is 39.0 Å². The van der Waals surface area contributed by atoms with E-state index in [1.54, 1.807) is 11.3 Å². The summed E-state index contributed by atoms with van der Waals surface area (Å²) in [7, 11) is 1.40. The molecule has 0 amide bonds. The molecular formula is C19H17ClO3S. The number of ether oxygens (including phenoxy) is 2. The molecule has 0 saturated heterocycles. The standard InChI is InChI=1S/C19H17ClO3S/c1-22-18(21)11-8-13-6-9-14(10-7-13)23-12-17-19(20)15-4-2-3-5-16(15)24-17/h2-7,9-10H,8,11-12H2,1H3. The average molecular weight is 361 g/mol. The Kier molecular flexibility index (Phi) is 5.38. The van der Waals surface area contributed by atoms with Crippen molar-refractivity contribution in [2.75, 3.05) is 7.11 Å². The van der Waals surface area contributed by atoms with Crippen LogP contribution in [0.3, 0.4) is 0 Å². The van der Waals surface area contributed by atoms with E-state index in [2.05, 4.69) is 10.8 Å². The maximum Gasteiger partial charge on any atom is 0.305 e. The van der Waals surface area contributed by atoms with Gasteiger partial charge in [-0.2, -0.15) is 0 Å². The molecule has 0 atom stereocenters. The summed E-state index contributed by atoms with van der Waals surface area (Å²) < 4.78 is 11.6. The summed E-state index contributed by atoms with van der Waals surface area (Å²) in [5.41, 5.74) is 1.08. The van der Waals surface area contributed by atoms with Crippen LogP contribution in [-0.2, 0) is 22.6 Å². The molecule has 0 bridgehead atoms. The first-order valence-corrected chi connectivity index (χ1v) is 8.81. The fourth-order valence-corrected chi connectivity index (χ4v) is 3.81. The highest BCUT2D eigenvalue weighted by molar-refractivity contribution is 7.19. The largest absolute Gasteiger partial charge is 0.488 e. The normalized spacial score (nSPS) is 10.8. The predicted molar refractivity (Wildman–Crippen MR) is 97.9 cm³/mol. The van der Waals surface area contributed by atoms with Gasteiger partial charge in [0, 0.05) is 16.5 Å². The van der Waals surface area contributed by atoms with Crippen molar-refractivity contribution < 1.29 is 14.3 Å². The molecule has 0 unspecified atom stereocenters. The number of halogens is 1. The van der Waals surface area contributed by atoms with Gasteiger partial charge in [-0.25, -0.2) is 0 Å². The average Bonchev–Trinajstić information content (AvgIpc) is 2.95. The Labute approximate surface area is 149 Å². The number of rotatable bonds is 6. The van der Waals surface area contributed by atoms with Crippen molar-refractivity contribution in [2.24, 2.45) is 0 Å². The molecular weight excluding hydrogens is 344 g/mol. The number of benzene rings is 2. The first-order valence-electron chi connectivity index (χ1n) is 7.62. The second-order valence-electron chi connectivity index (χ2n) is 5.34. The van der Waals surface area contributed by atoms with Crippen molar-refractivity contribution in [3.8, 4) is 5.75 Å². The van der Waals surface area contributed by atoms with Crippen LogP contribution in [-0.4, -0.2) is 13.1 Å². The summed E-state index contributed by atoms with van der Waals surface area (Å²) in [6.45, 7) is 0.444. The first-order chi connectivity index (χ1) is 11.7. The number of thiophene rings is 1. The summed E-state index contributed by atoms with van der Waals surface area (Å²) in [5.74, 6) is 0.583. The summed E-state index contributed by atoms with van der Waals surface area (Å²) >= 11 is 8.07. The molecule has 3 rings (SSSR count). The van der Waals surface area contributed by atoms with Crippen LogP contribution in [0.5, 0.6) is 5.75 Å². The summed E-state index contributed by atoms with van der Waals surface area (Å²) in [6.07, 6.45) is 1.04. The van der Waals surface area contributed by atoms with Crippen molar-refractivity contribution in [1.29, 1.82) is 0 Å². The van der Waals surface area contributed by atoms with Crippen molar-refractivity contribution in [3.63, 3.8) is 0 Å². The molecule has 124 valence electrons. The molecule has 5 heteroatoms. The fraction of sp³-hybridized carbons (Fsp3) is 0.211. The molecule has 0 aliphatic heterocycles. The van der Waals surface area contributed by atoms with Gasteiger partial charge in [-0.05, 0) is 30.2 Å². The Bertz CT molecular complexity index is 839. The SMILES string of the molecule is COC(=O)CCc1ccc(OCc2sc3ccccc3c2Cl)cc1. The Morgan fingerprint density at radius 1 is 1.12 bits per heavy atom. The van der Waals surface area contributed by atoms with Gasteiger partial charge in [0.15, 0.2) is 0 Å². The number of carbonyl (C=O) groups is 1. The number of fused-ring (bicyclic) bond motifs is 1. The topological polar surface area (TPSA) is 35.5 Å². The van der Waals surface area contributed by atoms with E-state index in [4.69, 9.17) is 16.3 Å². The summed E-state index contributed by atoms with van der Waals surface area (Å²) in [5, 5.41) is 1.84. The number of esters is 1. The van der Waals surface area contributed by atoms with E-state index < -0.39 is 0 Å². The van der Waals surface area contributed by atoms with Gasteiger partial charge in [-0.15, -0.1) is 11.3 Å². The lowest BCUT2D eigenvalue weighted by Crippen LogP contribution is -2.01. The van der Waals surface area contributed by atoms with Gasteiger partial charge < -0.3 is 9.47 Å². The minimum atomic E-state index is -0.199. The van der Waals surface area contributed by atoms with Crippen LogP contribution in [0.1, 0.15) is 16.9 Å². The van der Waals surface area contributed by atoms with Gasteiger partial charge in [0.25, 0.3) is 0 Å². The van der Waals surface area contributed by atoms with Crippen molar-refractivity contribution in [1.82, 2.24) is 0 Å². The Balaban J connectivity index is 1.61. The Morgan fingerprint density at radius 2 is 1.88 bits per heavy atom. The number of carbonyl (C=O) groups excluding carboxylic acids is 1. The lowest BCUT2D eigenvalue weighted by atomic mass is 10.1. The van der Waals surface area contributed by atoms with Crippen LogP contribution in [0.2, 0.25) is 5.02 Å². The summed E-state index contributed by atoms with van der Waals surface area (Å²) in [6, 6.07) is 15.8. The molecule has 2 aromatic carbocycles. The van der Waals surface area contributed by atoms with Crippen LogP contribution >= 0.6 is 22.9 Å². The highest BCUT2D eigenvalue weighted by Crippen LogP contribution is 2.35. The zero-order chi connectivity index (χ0) is 16.9. The fourth-order valence-electron chi connectivity index (χ4n) is 2.41. The zero-order valence-corrected chi connectivity index (χ0v) is 14.8. The maximum atomic E-state index is 11.2. The molecule has 0 saturated carbocycles. The third-order valence-electron chi connectivity index (χ3n) is 3.74. The van der Waals surface area contributed by atoms with Gasteiger partial charge >= 0.3 is 5.97 Å². The van der Waals surface area contributed by atoms with Crippen LogP contribution < -0.4 is 4.74 Å². The Hall–Kier alpha value is -2.04.